The molecule has 0 N–H and O–H groups in total. The van der Waals surface area contributed by atoms with Crippen molar-refractivity contribution in [2.45, 2.75) is 19.8 Å². The molecule has 2 aliphatic rings. The van der Waals surface area contributed by atoms with Gasteiger partial charge in [-0.15, -0.1) is 5.92 Å². The summed E-state index contributed by atoms with van der Waals surface area (Å²) in [6, 6.07) is 6.65. The third kappa shape index (κ3) is 2.22. The largest absolute Gasteiger partial charge is 0.101 e. The van der Waals surface area contributed by atoms with Crippen LogP contribution < -0.4 is 0 Å². The molecule has 0 aromatic heterocycles. The summed E-state index contributed by atoms with van der Waals surface area (Å²) in [5, 5.41) is 0. The van der Waals surface area contributed by atoms with E-state index >= 15 is 0 Å². The molecule has 1 atom stereocenters. The lowest BCUT2D eigenvalue weighted by Gasteiger charge is -2.12. The molecule has 0 spiro atoms. The van der Waals surface area contributed by atoms with Gasteiger partial charge >= 0.3 is 0 Å². The average molecular weight is 270 g/mol. The first-order valence-corrected chi connectivity index (χ1v) is 7.24. The second-order valence-electron chi connectivity index (χ2n) is 5.25. The summed E-state index contributed by atoms with van der Waals surface area (Å²) in [6.45, 7) is 8.07. The molecule has 102 valence electrons. The van der Waals surface area contributed by atoms with Crippen LogP contribution in [0.25, 0.3) is 11.6 Å². The molecule has 1 unspecified atom stereocenters. The quantitative estimate of drug-likeness (QED) is 0.642. The van der Waals surface area contributed by atoms with Crippen molar-refractivity contribution in [1.82, 2.24) is 0 Å². The number of rotatable bonds is 2. The van der Waals surface area contributed by atoms with Crippen molar-refractivity contribution in [1.29, 1.82) is 0 Å². The van der Waals surface area contributed by atoms with E-state index in [0.717, 1.165) is 5.57 Å². The van der Waals surface area contributed by atoms with Gasteiger partial charge in [0.15, 0.2) is 0 Å². The van der Waals surface area contributed by atoms with Gasteiger partial charge in [-0.25, -0.2) is 0 Å². The molecular formula is C21H18. The minimum Gasteiger partial charge on any atom is -0.101 e. The van der Waals surface area contributed by atoms with E-state index in [9.17, 15) is 0 Å². The molecule has 3 rings (SSSR count). The van der Waals surface area contributed by atoms with Crippen molar-refractivity contribution in [2.75, 3.05) is 0 Å². The van der Waals surface area contributed by atoms with E-state index in [-0.39, 0.29) is 0 Å². The van der Waals surface area contributed by atoms with Crippen molar-refractivity contribution in [2.24, 2.45) is 0 Å². The predicted molar refractivity (Wildman–Crippen MR) is 91.7 cm³/mol. The van der Waals surface area contributed by atoms with Crippen LogP contribution in [0.3, 0.4) is 0 Å². The monoisotopic (exact) mass is 270 g/mol. The molecule has 0 saturated carbocycles. The van der Waals surface area contributed by atoms with Crippen LogP contribution in [0.1, 0.15) is 36.5 Å². The molecule has 0 heterocycles. The number of benzene rings is 1. The predicted octanol–water partition coefficient (Wildman–Crippen LogP) is 5.28. The molecule has 1 aromatic rings. The summed E-state index contributed by atoms with van der Waals surface area (Å²) in [4.78, 5) is 0. The average Bonchev–Trinajstić information content (AvgIpc) is 2.82. The fourth-order valence-electron chi connectivity index (χ4n) is 3.12. The summed E-state index contributed by atoms with van der Waals surface area (Å²) < 4.78 is 0. The van der Waals surface area contributed by atoms with Crippen LogP contribution in [-0.2, 0) is 0 Å². The van der Waals surface area contributed by atoms with E-state index in [1.54, 1.807) is 0 Å². The third-order valence-electron chi connectivity index (χ3n) is 3.93. The van der Waals surface area contributed by atoms with Crippen LogP contribution in [0.4, 0.5) is 0 Å². The normalized spacial score (nSPS) is 18.5. The van der Waals surface area contributed by atoms with Gasteiger partial charge in [0.25, 0.3) is 0 Å². The van der Waals surface area contributed by atoms with Gasteiger partial charge in [0, 0.05) is 17.1 Å². The van der Waals surface area contributed by atoms with Crippen molar-refractivity contribution >= 4 is 11.6 Å². The first-order valence-electron chi connectivity index (χ1n) is 7.24. The second-order valence-corrected chi connectivity index (χ2v) is 5.25. The van der Waals surface area contributed by atoms with Crippen LogP contribution in [-0.4, -0.2) is 0 Å². The number of allylic oxidation sites excluding steroid dienone is 8. The zero-order valence-corrected chi connectivity index (χ0v) is 12.5. The lowest BCUT2D eigenvalue weighted by Crippen LogP contribution is -1.96. The molecule has 0 radical (unpaired) electrons. The Balaban J connectivity index is 2.20. The smallest absolute Gasteiger partial charge is 0.0285 e. The molecule has 0 nitrogen and oxygen atoms in total. The summed E-state index contributed by atoms with van der Waals surface area (Å²) >= 11 is 0. The van der Waals surface area contributed by atoms with Gasteiger partial charge < -0.3 is 0 Å². The zero-order chi connectivity index (χ0) is 14.8. The van der Waals surface area contributed by atoms with Crippen molar-refractivity contribution in [3.8, 4) is 11.8 Å². The second kappa shape index (κ2) is 5.46. The lowest BCUT2D eigenvalue weighted by atomic mass is 9.91. The maximum Gasteiger partial charge on any atom is 0.0285 e. The van der Waals surface area contributed by atoms with Gasteiger partial charge in [-0.3, -0.25) is 0 Å². The molecule has 0 fully saturated rings. The summed E-state index contributed by atoms with van der Waals surface area (Å²) in [6.07, 6.45) is 12.9. The highest BCUT2D eigenvalue weighted by Gasteiger charge is 2.30. The minimum absolute atomic E-state index is 0.334. The number of hydrogen-bond acceptors (Lipinski definition) is 0. The first kappa shape index (κ1) is 13.5. The van der Waals surface area contributed by atoms with Crippen LogP contribution in [0, 0.1) is 11.8 Å². The highest BCUT2D eigenvalue weighted by atomic mass is 14.3. The summed E-state index contributed by atoms with van der Waals surface area (Å²) in [5.74, 6) is 6.43. The Morgan fingerprint density at radius 1 is 1.29 bits per heavy atom. The first-order chi connectivity index (χ1) is 10.3. The molecular weight excluding hydrogens is 252 g/mol. The SMILES string of the molecule is C=C(C#CC)C1=C2C=CC=CC2c2cc(C=CC)ccc21. The van der Waals surface area contributed by atoms with Crippen LogP contribution in [0.5, 0.6) is 0 Å². The molecule has 2 aliphatic carbocycles. The maximum atomic E-state index is 4.17. The van der Waals surface area contributed by atoms with Gasteiger partial charge in [-0.05, 0) is 36.1 Å². The van der Waals surface area contributed by atoms with Gasteiger partial charge in [0.2, 0.25) is 0 Å². The minimum atomic E-state index is 0.334. The van der Waals surface area contributed by atoms with E-state index in [2.05, 4.69) is 73.1 Å². The topological polar surface area (TPSA) is 0 Å². The van der Waals surface area contributed by atoms with Gasteiger partial charge in [-0.1, -0.05) is 67.2 Å². The fraction of sp³-hybridized carbons (Fsp3) is 0.143. The molecule has 0 heteroatoms. The Labute approximate surface area is 126 Å². The zero-order valence-electron chi connectivity index (χ0n) is 12.5. The standard InChI is InChI=1S/C21H18/c1-4-8-15(3)21-18-11-7-6-10-17(18)20-14-16(9-5-2)12-13-19(20)21/h5-7,9-14,17H,3H2,1-2H3. The molecule has 0 amide bonds. The third-order valence-corrected chi connectivity index (χ3v) is 3.93. The van der Waals surface area contributed by atoms with E-state index in [4.69, 9.17) is 0 Å². The Morgan fingerprint density at radius 3 is 2.90 bits per heavy atom. The van der Waals surface area contributed by atoms with Crippen LogP contribution in [0.2, 0.25) is 0 Å². The van der Waals surface area contributed by atoms with Crippen LogP contribution >= 0.6 is 0 Å². The molecule has 0 aliphatic heterocycles. The molecule has 21 heavy (non-hydrogen) atoms. The van der Waals surface area contributed by atoms with Crippen LogP contribution in [0.15, 0.2) is 66.3 Å². The molecule has 1 aromatic carbocycles. The summed E-state index contributed by atoms with van der Waals surface area (Å²) in [7, 11) is 0. The Morgan fingerprint density at radius 2 is 2.14 bits per heavy atom. The summed E-state index contributed by atoms with van der Waals surface area (Å²) in [5.41, 5.74) is 7.30. The van der Waals surface area contributed by atoms with Gasteiger partial charge in [-0.2, -0.15) is 0 Å². The van der Waals surface area contributed by atoms with E-state index in [1.807, 2.05) is 13.8 Å². The highest BCUT2D eigenvalue weighted by Crippen LogP contribution is 2.47. The lowest BCUT2D eigenvalue weighted by molar-refractivity contribution is 1.05. The van der Waals surface area contributed by atoms with Crippen molar-refractivity contribution in [3.63, 3.8) is 0 Å². The maximum absolute atomic E-state index is 4.17. The Kier molecular flexibility index (Phi) is 3.50. The molecule has 0 saturated heterocycles. The van der Waals surface area contributed by atoms with Crippen molar-refractivity contribution < 1.29 is 0 Å². The fourth-order valence-corrected chi connectivity index (χ4v) is 3.12. The number of hydrogen-bond donors (Lipinski definition) is 0. The van der Waals surface area contributed by atoms with Crippen molar-refractivity contribution in [3.05, 3.63) is 83.0 Å². The highest BCUT2D eigenvalue weighted by molar-refractivity contribution is 5.93. The Hall–Kier alpha value is -2.52. The van der Waals surface area contributed by atoms with E-state index < -0.39 is 0 Å². The molecule has 0 bridgehead atoms. The van der Waals surface area contributed by atoms with Gasteiger partial charge in [0.05, 0.1) is 0 Å². The van der Waals surface area contributed by atoms with Gasteiger partial charge in [0.1, 0.15) is 0 Å². The van der Waals surface area contributed by atoms with E-state index in [1.165, 1.54) is 27.8 Å². The number of fused-ring (bicyclic) bond motifs is 3. The Bertz CT molecular complexity index is 783. The van der Waals surface area contributed by atoms with E-state index in [0.29, 0.717) is 5.92 Å².